The van der Waals surface area contributed by atoms with E-state index in [1.54, 1.807) is 0 Å². The quantitative estimate of drug-likeness (QED) is 0.529. The first-order valence-electron chi connectivity index (χ1n) is 14.5. The summed E-state index contributed by atoms with van der Waals surface area (Å²) < 4.78 is 6.56. The molecule has 0 aromatic rings. The van der Waals surface area contributed by atoms with Gasteiger partial charge in [0, 0.05) is 13.1 Å². The Morgan fingerprint density at radius 2 is 1.69 bits per heavy atom. The Morgan fingerprint density at radius 3 is 2.37 bits per heavy atom. The van der Waals surface area contributed by atoms with Crippen LogP contribution in [0.15, 0.2) is 0 Å². The van der Waals surface area contributed by atoms with E-state index in [2.05, 4.69) is 27.7 Å². The van der Waals surface area contributed by atoms with Crippen LogP contribution in [0.1, 0.15) is 85.5 Å². The maximum absolute atomic E-state index is 13.1. The van der Waals surface area contributed by atoms with Crippen LogP contribution in [0.2, 0.25) is 0 Å². The molecule has 7 aliphatic rings. The Bertz CT molecular complexity index is 951. The average Bonchev–Trinajstić information content (AvgIpc) is 3.40. The fourth-order valence-electron chi connectivity index (χ4n) is 11.8. The molecule has 5 aliphatic carbocycles. The topological polar surface area (TPSA) is 96.0 Å². The van der Waals surface area contributed by atoms with E-state index in [1.165, 1.54) is 12.8 Å². The zero-order valence-electron chi connectivity index (χ0n) is 22.1. The van der Waals surface area contributed by atoms with E-state index in [1.807, 2.05) is 4.90 Å². The van der Waals surface area contributed by atoms with E-state index in [0.717, 1.165) is 58.0 Å². The lowest BCUT2D eigenvalue weighted by atomic mass is 9.43. The summed E-state index contributed by atoms with van der Waals surface area (Å²) in [5, 5.41) is 22.9. The van der Waals surface area contributed by atoms with E-state index < -0.39 is 17.7 Å². The highest BCUT2D eigenvalue weighted by molar-refractivity contribution is 5.81. The number of carbonyl (C=O) groups excluding carboxylic acids is 1. The molecule has 7 rings (SSSR count). The van der Waals surface area contributed by atoms with Gasteiger partial charge >= 0.3 is 0 Å². The van der Waals surface area contributed by atoms with E-state index in [-0.39, 0.29) is 51.6 Å². The molecule has 35 heavy (non-hydrogen) atoms. The van der Waals surface area contributed by atoms with Crippen molar-refractivity contribution in [2.24, 2.45) is 51.1 Å². The molecule has 5 saturated carbocycles. The van der Waals surface area contributed by atoms with Crippen molar-refractivity contribution in [1.82, 2.24) is 4.90 Å². The summed E-state index contributed by atoms with van der Waals surface area (Å²) in [5.41, 5.74) is 7.15. The molecule has 1 amide bonds. The first-order valence-corrected chi connectivity index (χ1v) is 14.5. The number of rotatable bonds is 1. The average molecular weight is 487 g/mol. The Kier molecular flexibility index (Phi) is 4.58. The summed E-state index contributed by atoms with van der Waals surface area (Å²) in [6, 6.07) is 0. The second-order valence-corrected chi connectivity index (χ2v) is 14.8. The van der Waals surface area contributed by atoms with Crippen LogP contribution >= 0.6 is 0 Å². The predicted octanol–water partition coefficient (Wildman–Crippen LogP) is 3.08. The highest BCUT2D eigenvalue weighted by Gasteiger charge is 2.85. The SMILES string of the molecule is C[C@@H]1C[C@@H](C(=O)N2CCC2)OC2[C@H]1C1(C)CCC34CC35CCC(O)C(C)(C)[C@@H]5CCC4[C@]1(N)[C@H]2O. The van der Waals surface area contributed by atoms with Crippen molar-refractivity contribution in [3.63, 3.8) is 0 Å². The van der Waals surface area contributed by atoms with E-state index in [4.69, 9.17) is 10.5 Å². The molecule has 7 fully saturated rings. The van der Waals surface area contributed by atoms with Crippen LogP contribution in [0.5, 0.6) is 0 Å². The van der Waals surface area contributed by atoms with E-state index in [9.17, 15) is 15.0 Å². The van der Waals surface area contributed by atoms with Gasteiger partial charge in [0.1, 0.15) is 6.10 Å². The third kappa shape index (κ3) is 2.46. The lowest BCUT2D eigenvalue weighted by Crippen LogP contribution is -2.70. The molecule has 0 bridgehead atoms. The van der Waals surface area contributed by atoms with Crippen LogP contribution in [-0.2, 0) is 9.53 Å². The number of fused-ring (bicyclic) bond motifs is 4. The molecule has 6 unspecified atom stereocenters. The van der Waals surface area contributed by atoms with E-state index >= 15 is 0 Å². The first kappa shape index (κ1) is 23.4. The highest BCUT2D eigenvalue weighted by Crippen LogP contribution is 2.87. The fraction of sp³-hybridized carbons (Fsp3) is 0.966. The minimum atomic E-state index is -0.731. The summed E-state index contributed by atoms with van der Waals surface area (Å²) in [6.07, 6.45) is 7.65. The smallest absolute Gasteiger partial charge is 0.251 e. The van der Waals surface area contributed by atoms with Gasteiger partial charge in [-0.3, -0.25) is 4.79 Å². The highest BCUT2D eigenvalue weighted by atomic mass is 16.5. The Balaban J connectivity index is 1.24. The van der Waals surface area contributed by atoms with Gasteiger partial charge in [-0.05, 0) is 103 Å². The molecular weight excluding hydrogens is 440 g/mol. The van der Waals surface area contributed by atoms with Crippen molar-refractivity contribution < 1.29 is 19.7 Å². The number of nitrogens with zero attached hydrogens (tertiary/aromatic N) is 1. The van der Waals surface area contributed by atoms with Gasteiger partial charge in [0.15, 0.2) is 0 Å². The van der Waals surface area contributed by atoms with Gasteiger partial charge in [0.2, 0.25) is 0 Å². The number of likely N-dealkylation sites (tertiary alicyclic amines) is 1. The van der Waals surface area contributed by atoms with Gasteiger partial charge in [0.25, 0.3) is 5.91 Å². The monoisotopic (exact) mass is 486 g/mol. The summed E-state index contributed by atoms with van der Waals surface area (Å²) in [6.45, 7) is 10.9. The zero-order chi connectivity index (χ0) is 24.8. The molecule has 196 valence electrons. The molecule has 2 aliphatic heterocycles. The molecule has 4 N–H and O–H groups in total. The second-order valence-electron chi connectivity index (χ2n) is 14.8. The number of hydrogen-bond donors (Lipinski definition) is 3. The van der Waals surface area contributed by atoms with Crippen LogP contribution in [0.3, 0.4) is 0 Å². The summed E-state index contributed by atoms with van der Waals surface area (Å²) in [4.78, 5) is 15.0. The Labute approximate surface area is 210 Å². The number of nitrogens with two attached hydrogens (primary N) is 1. The number of hydrogen-bond acceptors (Lipinski definition) is 5. The standard InChI is InChI=1S/C29H46N2O4/c1-16-14-17(24(34)31-12-5-13-31)35-22-21(16)26(4)10-11-28-15-27(28)9-8-20(32)25(2,3)18(27)6-7-19(28)29(26,30)23(22)33/h16-23,32-33H,5-15,30H2,1-4H3/t16-,17+,18+,19?,20?,21+,22?,23+,26?,27?,28?,29+/m1/s1. The normalized spacial score (nSPS) is 59.8. The Hall–Kier alpha value is -0.690. The maximum Gasteiger partial charge on any atom is 0.251 e. The van der Waals surface area contributed by atoms with E-state index in [0.29, 0.717) is 11.8 Å². The number of aliphatic hydroxyl groups excluding tert-OH is 2. The van der Waals surface area contributed by atoms with Crippen molar-refractivity contribution in [3.8, 4) is 0 Å². The molecule has 0 aromatic heterocycles. The molecule has 0 radical (unpaired) electrons. The number of aliphatic hydroxyl groups is 2. The maximum atomic E-state index is 13.1. The van der Waals surface area contributed by atoms with Gasteiger partial charge in [-0.25, -0.2) is 0 Å². The molecule has 2 saturated heterocycles. The third-order valence-electron chi connectivity index (χ3n) is 13.7. The molecule has 6 nitrogen and oxygen atoms in total. The van der Waals surface area contributed by atoms with Crippen molar-refractivity contribution in [3.05, 3.63) is 0 Å². The second kappa shape index (κ2) is 6.84. The zero-order valence-corrected chi connectivity index (χ0v) is 22.1. The number of carbonyl (C=O) groups is 1. The van der Waals surface area contributed by atoms with Crippen LogP contribution in [0.4, 0.5) is 0 Å². The summed E-state index contributed by atoms with van der Waals surface area (Å²) in [5.74, 6) is 1.43. The van der Waals surface area contributed by atoms with Crippen LogP contribution in [0.25, 0.3) is 0 Å². The predicted molar refractivity (Wildman–Crippen MR) is 132 cm³/mol. The first-order chi connectivity index (χ1) is 16.4. The van der Waals surface area contributed by atoms with Gasteiger partial charge in [-0.15, -0.1) is 0 Å². The van der Waals surface area contributed by atoms with Crippen molar-refractivity contribution in [2.45, 2.75) is 115 Å². The number of ether oxygens (including phenoxy) is 1. The largest absolute Gasteiger partial charge is 0.393 e. The van der Waals surface area contributed by atoms with Crippen molar-refractivity contribution in [1.29, 1.82) is 0 Å². The Morgan fingerprint density at radius 1 is 1.00 bits per heavy atom. The molecule has 2 spiro atoms. The van der Waals surface area contributed by atoms with Crippen molar-refractivity contribution >= 4 is 5.91 Å². The minimum absolute atomic E-state index is 0.0560. The van der Waals surface area contributed by atoms with Crippen LogP contribution < -0.4 is 5.73 Å². The summed E-state index contributed by atoms with van der Waals surface area (Å²) >= 11 is 0. The van der Waals surface area contributed by atoms with Gasteiger partial charge in [-0.1, -0.05) is 27.7 Å². The van der Waals surface area contributed by atoms with Crippen LogP contribution in [-0.4, -0.2) is 64.1 Å². The minimum Gasteiger partial charge on any atom is -0.393 e. The third-order valence-corrected chi connectivity index (χ3v) is 13.7. The van der Waals surface area contributed by atoms with Crippen molar-refractivity contribution in [2.75, 3.05) is 13.1 Å². The molecule has 0 aromatic carbocycles. The fourth-order valence-corrected chi connectivity index (χ4v) is 11.8. The van der Waals surface area contributed by atoms with Gasteiger partial charge in [0.05, 0.1) is 23.9 Å². The number of amides is 1. The molecule has 6 heteroatoms. The molecule has 2 heterocycles. The van der Waals surface area contributed by atoms with Crippen LogP contribution in [0, 0.1) is 45.3 Å². The summed E-state index contributed by atoms with van der Waals surface area (Å²) in [7, 11) is 0. The molecule has 12 atom stereocenters. The lowest BCUT2D eigenvalue weighted by molar-refractivity contribution is -0.175. The lowest BCUT2D eigenvalue weighted by Gasteiger charge is -2.63. The van der Waals surface area contributed by atoms with Gasteiger partial charge < -0.3 is 25.6 Å². The van der Waals surface area contributed by atoms with Gasteiger partial charge in [-0.2, -0.15) is 0 Å². The molecular formula is C29H46N2O4.